The molecule has 0 aliphatic heterocycles. The second-order valence-corrected chi connectivity index (χ2v) is 8.89. The van der Waals surface area contributed by atoms with Gasteiger partial charge < -0.3 is 4.57 Å². The van der Waals surface area contributed by atoms with Crippen molar-refractivity contribution in [3.05, 3.63) is 48.3 Å². The fourth-order valence-corrected chi connectivity index (χ4v) is 4.07. The molecule has 0 atom stereocenters. The van der Waals surface area contributed by atoms with Crippen LogP contribution in [0.5, 0.6) is 0 Å². The molecule has 0 bridgehead atoms. The van der Waals surface area contributed by atoms with Gasteiger partial charge in [0.15, 0.2) is 9.84 Å². The van der Waals surface area contributed by atoms with Crippen LogP contribution in [-0.2, 0) is 23.1 Å². The first-order chi connectivity index (χ1) is 14.2. The third-order valence-corrected chi connectivity index (χ3v) is 6.45. The minimum atomic E-state index is -4.77. The standard InChI is InChI=1S/C19H15F6N3O2S/c1-4-31(29,30)15-7-11(10(2)18(20,21)22)5-6-12(15)17-27-13-8-16(19(23,24)25)26-9-14(13)28(17)3/h5-9H,2,4H2,1,3H3. The highest BCUT2D eigenvalue weighted by Crippen LogP contribution is 2.37. The van der Waals surface area contributed by atoms with Crippen molar-refractivity contribution in [1.29, 1.82) is 0 Å². The summed E-state index contributed by atoms with van der Waals surface area (Å²) in [7, 11) is -2.59. The number of pyridine rings is 1. The summed E-state index contributed by atoms with van der Waals surface area (Å²) >= 11 is 0. The number of benzene rings is 1. The number of hydrogen-bond acceptors (Lipinski definition) is 4. The molecule has 31 heavy (non-hydrogen) atoms. The maximum atomic E-state index is 13.0. The van der Waals surface area contributed by atoms with Gasteiger partial charge >= 0.3 is 12.4 Å². The smallest absolute Gasteiger partial charge is 0.326 e. The van der Waals surface area contributed by atoms with Crippen molar-refractivity contribution in [2.75, 3.05) is 5.75 Å². The first kappa shape index (κ1) is 22.8. The molecule has 3 rings (SSSR count). The Morgan fingerprint density at radius 3 is 2.32 bits per heavy atom. The Morgan fingerprint density at radius 1 is 1.13 bits per heavy atom. The zero-order valence-electron chi connectivity index (χ0n) is 16.1. The molecule has 0 saturated heterocycles. The van der Waals surface area contributed by atoms with E-state index in [1.54, 1.807) is 0 Å². The van der Waals surface area contributed by atoms with Gasteiger partial charge in [0.1, 0.15) is 11.5 Å². The van der Waals surface area contributed by atoms with Crippen LogP contribution < -0.4 is 0 Å². The summed E-state index contributed by atoms with van der Waals surface area (Å²) in [6.07, 6.45) is -8.53. The number of fused-ring (bicyclic) bond motifs is 1. The molecule has 3 aromatic rings. The lowest BCUT2D eigenvalue weighted by atomic mass is 10.0. The van der Waals surface area contributed by atoms with E-state index in [1.165, 1.54) is 18.5 Å². The number of aryl methyl sites for hydroxylation is 1. The summed E-state index contributed by atoms with van der Waals surface area (Å²) < 4.78 is 105. The minimum Gasteiger partial charge on any atom is -0.326 e. The first-order valence-corrected chi connectivity index (χ1v) is 10.4. The fourth-order valence-electron chi connectivity index (χ4n) is 2.96. The van der Waals surface area contributed by atoms with Crippen LogP contribution in [-0.4, -0.2) is 34.9 Å². The predicted octanol–water partition coefficient (Wildman–Crippen LogP) is 5.02. The van der Waals surface area contributed by atoms with E-state index in [1.807, 2.05) is 0 Å². The van der Waals surface area contributed by atoms with E-state index in [4.69, 9.17) is 0 Å². The predicted molar refractivity (Wildman–Crippen MR) is 102 cm³/mol. The van der Waals surface area contributed by atoms with Crippen molar-refractivity contribution >= 4 is 26.4 Å². The number of nitrogens with zero attached hydrogens (tertiary/aromatic N) is 3. The quantitative estimate of drug-likeness (QED) is 0.510. The van der Waals surface area contributed by atoms with Gasteiger partial charge in [-0.2, -0.15) is 26.3 Å². The molecule has 0 aliphatic rings. The number of aromatic nitrogens is 3. The Morgan fingerprint density at radius 2 is 1.77 bits per heavy atom. The van der Waals surface area contributed by atoms with Gasteiger partial charge in [0.25, 0.3) is 0 Å². The van der Waals surface area contributed by atoms with Crippen molar-refractivity contribution < 1.29 is 34.8 Å². The van der Waals surface area contributed by atoms with E-state index in [2.05, 4.69) is 16.5 Å². The monoisotopic (exact) mass is 463 g/mol. The van der Waals surface area contributed by atoms with E-state index >= 15 is 0 Å². The second-order valence-electron chi connectivity index (χ2n) is 6.64. The zero-order valence-corrected chi connectivity index (χ0v) is 17.0. The third kappa shape index (κ3) is 4.16. The van der Waals surface area contributed by atoms with Crippen LogP contribution in [0.15, 0.2) is 41.9 Å². The van der Waals surface area contributed by atoms with Crippen molar-refractivity contribution in [1.82, 2.24) is 14.5 Å². The van der Waals surface area contributed by atoms with Crippen LogP contribution in [0.3, 0.4) is 0 Å². The summed E-state index contributed by atoms with van der Waals surface area (Å²) in [4.78, 5) is 7.03. The molecular formula is C19H15F6N3O2S. The Balaban J connectivity index is 2.28. The normalized spacial score (nSPS) is 13.0. The summed E-state index contributed by atoms with van der Waals surface area (Å²) in [5.74, 6) is -0.446. The molecular weight excluding hydrogens is 448 g/mol. The Hall–Kier alpha value is -2.89. The molecule has 0 radical (unpaired) electrons. The number of rotatable bonds is 4. The topological polar surface area (TPSA) is 64.8 Å². The number of sulfone groups is 1. The van der Waals surface area contributed by atoms with Gasteiger partial charge in [-0.05, 0) is 23.8 Å². The highest BCUT2D eigenvalue weighted by molar-refractivity contribution is 7.91. The van der Waals surface area contributed by atoms with Gasteiger partial charge in [0, 0.05) is 12.6 Å². The lowest BCUT2D eigenvalue weighted by molar-refractivity contribution is -0.141. The summed E-state index contributed by atoms with van der Waals surface area (Å²) in [6, 6.07) is 3.74. The molecule has 2 aromatic heterocycles. The summed E-state index contributed by atoms with van der Waals surface area (Å²) in [5, 5.41) is 0. The summed E-state index contributed by atoms with van der Waals surface area (Å²) in [6.45, 7) is 4.30. The van der Waals surface area contributed by atoms with Crippen LogP contribution in [0.25, 0.3) is 28.0 Å². The minimum absolute atomic E-state index is 0.0349. The number of alkyl halides is 6. The number of allylic oxidation sites excluding steroid dienone is 1. The molecule has 12 heteroatoms. The first-order valence-electron chi connectivity index (χ1n) is 8.70. The van der Waals surface area contributed by atoms with Crippen molar-refractivity contribution in [3.63, 3.8) is 0 Å². The maximum absolute atomic E-state index is 13.0. The number of halogens is 6. The van der Waals surface area contributed by atoms with E-state index in [9.17, 15) is 34.8 Å². The van der Waals surface area contributed by atoms with Crippen LogP contribution in [0.4, 0.5) is 26.3 Å². The molecule has 5 nitrogen and oxygen atoms in total. The van der Waals surface area contributed by atoms with Crippen LogP contribution in [0, 0.1) is 0 Å². The van der Waals surface area contributed by atoms with Crippen molar-refractivity contribution in [2.45, 2.75) is 24.2 Å². The van der Waals surface area contributed by atoms with Gasteiger partial charge in [-0.25, -0.2) is 18.4 Å². The van der Waals surface area contributed by atoms with E-state index in [0.717, 1.165) is 24.4 Å². The lowest BCUT2D eigenvalue weighted by Gasteiger charge is -2.15. The molecule has 0 spiro atoms. The Labute approximate surface area is 173 Å². The fraction of sp³-hybridized carbons (Fsp3) is 0.263. The lowest BCUT2D eigenvalue weighted by Crippen LogP contribution is -2.12. The second kappa shape index (κ2) is 7.36. The van der Waals surface area contributed by atoms with Gasteiger partial charge in [-0.1, -0.05) is 19.6 Å². The van der Waals surface area contributed by atoms with Gasteiger partial charge in [0.05, 0.1) is 33.5 Å². The largest absolute Gasteiger partial charge is 0.433 e. The van der Waals surface area contributed by atoms with Crippen LogP contribution in [0.1, 0.15) is 18.2 Å². The molecule has 0 unspecified atom stereocenters. The molecule has 0 saturated carbocycles. The van der Waals surface area contributed by atoms with Gasteiger partial charge in [0.2, 0.25) is 0 Å². The average Bonchev–Trinajstić information content (AvgIpc) is 3.01. The van der Waals surface area contributed by atoms with E-state index in [-0.39, 0.29) is 22.4 Å². The molecule has 0 N–H and O–H groups in total. The highest BCUT2D eigenvalue weighted by atomic mass is 32.2. The molecule has 1 aromatic carbocycles. The molecule has 2 heterocycles. The third-order valence-electron chi connectivity index (χ3n) is 4.69. The highest BCUT2D eigenvalue weighted by Gasteiger charge is 2.35. The number of hydrogen-bond donors (Lipinski definition) is 0. The SMILES string of the molecule is C=C(c1ccc(-c2nc3cc(C(F)(F)F)ncc3n2C)c(S(=O)(=O)CC)c1)C(F)(F)F. The van der Waals surface area contributed by atoms with Crippen LogP contribution >= 0.6 is 0 Å². The Bertz CT molecular complexity index is 1290. The van der Waals surface area contributed by atoms with Crippen LogP contribution in [0.2, 0.25) is 0 Å². The van der Waals surface area contributed by atoms with Crippen molar-refractivity contribution in [3.8, 4) is 11.4 Å². The molecule has 0 amide bonds. The van der Waals surface area contributed by atoms with E-state index < -0.39 is 49.7 Å². The Kier molecular flexibility index (Phi) is 5.41. The van der Waals surface area contributed by atoms with Gasteiger partial charge in [-0.15, -0.1) is 0 Å². The molecule has 0 fully saturated rings. The maximum Gasteiger partial charge on any atom is 0.433 e. The molecule has 166 valence electrons. The molecule has 0 aliphatic carbocycles. The number of imidazole rings is 1. The van der Waals surface area contributed by atoms with E-state index in [0.29, 0.717) is 6.07 Å². The zero-order chi connectivity index (χ0) is 23.4. The summed E-state index contributed by atoms with van der Waals surface area (Å²) in [5.41, 5.74) is -2.80. The van der Waals surface area contributed by atoms with Crippen molar-refractivity contribution in [2.24, 2.45) is 7.05 Å². The van der Waals surface area contributed by atoms with Gasteiger partial charge in [-0.3, -0.25) is 0 Å². The average molecular weight is 463 g/mol.